The molecule has 0 unspecified atom stereocenters. The zero-order chi connectivity index (χ0) is 18.4. The van der Waals surface area contributed by atoms with E-state index in [9.17, 15) is 9.59 Å². The highest BCUT2D eigenvalue weighted by molar-refractivity contribution is 6.36. The Hall–Kier alpha value is -2.11. The van der Waals surface area contributed by atoms with Gasteiger partial charge in [-0.2, -0.15) is 0 Å². The summed E-state index contributed by atoms with van der Waals surface area (Å²) < 4.78 is 0. The van der Waals surface area contributed by atoms with Crippen LogP contribution in [0.1, 0.15) is 40.7 Å². The summed E-state index contributed by atoms with van der Waals surface area (Å²) in [7, 11) is 1.72. The zero-order valence-corrected chi connectivity index (χ0v) is 15.6. The quantitative estimate of drug-likeness (QED) is 0.802. The Morgan fingerprint density at radius 3 is 2.56 bits per heavy atom. The van der Waals surface area contributed by atoms with Gasteiger partial charge in [0.05, 0.1) is 10.7 Å². The molecular formula is C18H19Cl2N3O2. The number of aromatic nitrogens is 1. The first kappa shape index (κ1) is 19.2. The van der Waals surface area contributed by atoms with E-state index in [1.54, 1.807) is 42.3 Å². The van der Waals surface area contributed by atoms with Crippen LogP contribution in [0, 0.1) is 0 Å². The van der Waals surface area contributed by atoms with Gasteiger partial charge in [0.15, 0.2) is 0 Å². The molecule has 0 saturated carbocycles. The van der Waals surface area contributed by atoms with Crippen molar-refractivity contribution in [3.63, 3.8) is 0 Å². The second-order valence-electron chi connectivity index (χ2n) is 5.57. The highest BCUT2D eigenvalue weighted by Gasteiger charge is 2.16. The molecule has 25 heavy (non-hydrogen) atoms. The lowest BCUT2D eigenvalue weighted by Gasteiger charge is -2.16. The predicted molar refractivity (Wildman–Crippen MR) is 101 cm³/mol. The van der Waals surface area contributed by atoms with Gasteiger partial charge in [0, 0.05) is 18.6 Å². The van der Waals surface area contributed by atoms with Crippen molar-refractivity contribution >= 4 is 40.7 Å². The molecule has 0 aliphatic carbocycles. The number of carbonyl (C=O) groups excluding carboxylic acids is 2. The zero-order valence-electron chi connectivity index (χ0n) is 14.1. The van der Waals surface area contributed by atoms with E-state index in [0.717, 1.165) is 12.8 Å². The van der Waals surface area contributed by atoms with Crippen molar-refractivity contribution < 1.29 is 9.59 Å². The van der Waals surface area contributed by atoms with Crippen molar-refractivity contribution in [2.24, 2.45) is 0 Å². The number of amides is 2. The molecule has 0 aliphatic rings. The molecule has 1 N–H and O–H groups in total. The Bertz CT molecular complexity index is 781. The van der Waals surface area contributed by atoms with E-state index < -0.39 is 5.91 Å². The SMILES string of the molecule is CCCCN(C)C(=O)c1cccc(C(=O)Nc2ccc(Cl)cc2Cl)n1. The number of hydrogen-bond acceptors (Lipinski definition) is 3. The standard InChI is InChI=1S/C18H19Cl2N3O2/c1-3-4-10-23(2)18(25)16-7-5-6-15(21-16)17(24)22-14-9-8-12(19)11-13(14)20/h5-9,11H,3-4,10H2,1-2H3,(H,22,24). The van der Waals surface area contributed by atoms with Gasteiger partial charge in [-0.05, 0) is 36.8 Å². The van der Waals surface area contributed by atoms with Crippen LogP contribution >= 0.6 is 23.2 Å². The Morgan fingerprint density at radius 1 is 1.16 bits per heavy atom. The van der Waals surface area contributed by atoms with Crippen molar-refractivity contribution in [2.75, 3.05) is 18.9 Å². The second kappa shape index (κ2) is 8.83. The summed E-state index contributed by atoms with van der Waals surface area (Å²) in [6.07, 6.45) is 1.91. The summed E-state index contributed by atoms with van der Waals surface area (Å²) in [5.41, 5.74) is 0.795. The van der Waals surface area contributed by atoms with E-state index in [-0.39, 0.29) is 17.3 Å². The molecule has 1 aromatic heterocycles. The number of nitrogens with one attached hydrogen (secondary N) is 1. The molecular weight excluding hydrogens is 361 g/mol. The van der Waals surface area contributed by atoms with Crippen LogP contribution in [0.25, 0.3) is 0 Å². The molecule has 0 fully saturated rings. The Balaban J connectivity index is 2.14. The average Bonchev–Trinajstić information content (AvgIpc) is 2.61. The molecule has 2 aromatic rings. The second-order valence-corrected chi connectivity index (χ2v) is 6.41. The fraction of sp³-hybridized carbons (Fsp3) is 0.278. The number of pyridine rings is 1. The van der Waals surface area contributed by atoms with Gasteiger partial charge in [-0.1, -0.05) is 42.6 Å². The van der Waals surface area contributed by atoms with E-state index in [1.165, 1.54) is 6.07 Å². The lowest BCUT2D eigenvalue weighted by Crippen LogP contribution is -2.29. The first-order chi connectivity index (χ1) is 11.9. The summed E-state index contributed by atoms with van der Waals surface area (Å²) in [6, 6.07) is 9.54. The number of rotatable bonds is 6. The molecule has 7 heteroatoms. The van der Waals surface area contributed by atoms with Gasteiger partial charge in [0.25, 0.3) is 11.8 Å². The van der Waals surface area contributed by atoms with Crippen LogP contribution in [0.15, 0.2) is 36.4 Å². The first-order valence-electron chi connectivity index (χ1n) is 7.91. The van der Waals surface area contributed by atoms with E-state index in [1.807, 2.05) is 0 Å². The highest BCUT2D eigenvalue weighted by Crippen LogP contribution is 2.25. The largest absolute Gasteiger partial charge is 0.340 e. The summed E-state index contributed by atoms with van der Waals surface area (Å²) in [4.78, 5) is 30.5. The summed E-state index contributed by atoms with van der Waals surface area (Å²) in [6.45, 7) is 2.71. The van der Waals surface area contributed by atoms with Crippen molar-refractivity contribution in [2.45, 2.75) is 19.8 Å². The third-order valence-corrected chi connectivity index (χ3v) is 4.12. The van der Waals surface area contributed by atoms with Crippen LogP contribution in [-0.4, -0.2) is 35.3 Å². The molecule has 2 rings (SSSR count). The number of nitrogens with zero attached hydrogens (tertiary/aromatic N) is 2. The molecule has 0 aliphatic heterocycles. The van der Waals surface area contributed by atoms with E-state index in [0.29, 0.717) is 22.3 Å². The van der Waals surface area contributed by atoms with Crippen LogP contribution in [0.3, 0.4) is 0 Å². The third kappa shape index (κ3) is 5.18. The highest BCUT2D eigenvalue weighted by atomic mass is 35.5. The molecule has 0 radical (unpaired) electrons. The van der Waals surface area contributed by atoms with Gasteiger partial charge in [0.2, 0.25) is 0 Å². The number of halogens is 2. The number of unbranched alkanes of at least 4 members (excludes halogenated alkanes) is 1. The predicted octanol–water partition coefficient (Wildman–Crippen LogP) is 4.51. The average molecular weight is 380 g/mol. The third-order valence-electron chi connectivity index (χ3n) is 3.57. The first-order valence-corrected chi connectivity index (χ1v) is 8.67. The molecule has 0 spiro atoms. The fourth-order valence-corrected chi connectivity index (χ4v) is 2.61. The lowest BCUT2D eigenvalue weighted by atomic mass is 10.2. The lowest BCUT2D eigenvalue weighted by molar-refractivity contribution is 0.0787. The Labute approximate surface area is 157 Å². The van der Waals surface area contributed by atoms with E-state index in [4.69, 9.17) is 23.2 Å². The number of carbonyl (C=O) groups is 2. The van der Waals surface area contributed by atoms with Crippen molar-refractivity contribution in [3.8, 4) is 0 Å². The number of anilines is 1. The van der Waals surface area contributed by atoms with E-state index >= 15 is 0 Å². The summed E-state index contributed by atoms with van der Waals surface area (Å²) in [5.74, 6) is -0.664. The summed E-state index contributed by atoms with van der Waals surface area (Å²) in [5, 5.41) is 3.47. The van der Waals surface area contributed by atoms with Gasteiger partial charge in [0.1, 0.15) is 11.4 Å². The van der Waals surface area contributed by atoms with Gasteiger partial charge < -0.3 is 10.2 Å². The van der Waals surface area contributed by atoms with Gasteiger partial charge in [-0.15, -0.1) is 0 Å². The number of benzene rings is 1. The summed E-state index contributed by atoms with van der Waals surface area (Å²) >= 11 is 11.9. The van der Waals surface area contributed by atoms with Crippen LogP contribution in [-0.2, 0) is 0 Å². The molecule has 1 aromatic carbocycles. The molecule has 1 heterocycles. The Kier molecular flexibility index (Phi) is 6.79. The topological polar surface area (TPSA) is 62.3 Å². The molecule has 0 bridgehead atoms. The van der Waals surface area contributed by atoms with Crippen LogP contribution in [0.4, 0.5) is 5.69 Å². The maximum absolute atomic E-state index is 12.4. The number of hydrogen-bond donors (Lipinski definition) is 1. The minimum Gasteiger partial charge on any atom is -0.340 e. The van der Waals surface area contributed by atoms with Crippen LogP contribution in [0.5, 0.6) is 0 Å². The van der Waals surface area contributed by atoms with Crippen LogP contribution in [0.2, 0.25) is 10.0 Å². The molecule has 2 amide bonds. The molecule has 5 nitrogen and oxygen atoms in total. The molecule has 0 atom stereocenters. The Morgan fingerprint density at radius 2 is 1.88 bits per heavy atom. The minimum absolute atomic E-state index is 0.140. The van der Waals surface area contributed by atoms with Gasteiger partial charge in [-0.25, -0.2) is 4.98 Å². The smallest absolute Gasteiger partial charge is 0.274 e. The maximum Gasteiger partial charge on any atom is 0.274 e. The van der Waals surface area contributed by atoms with Gasteiger partial charge in [-0.3, -0.25) is 9.59 Å². The van der Waals surface area contributed by atoms with Gasteiger partial charge >= 0.3 is 0 Å². The van der Waals surface area contributed by atoms with E-state index in [2.05, 4.69) is 17.2 Å². The van der Waals surface area contributed by atoms with Crippen LogP contribution < -0.4 is 5.32 Å². The fourth-order valence-electron chi connectivity index (χ4n) is 2.15. The monoisotopic (exact) mass is 379 g/mol. The van der Waals surface area contributed by atoms with Crippen molar-refractivity contribution in [1.29, 1.82) is 0 Å². The normalized spacial score (nSPS) is 10.4. The van der Waals surface area contributed by atoms with Crippen molar-refractivity contribution in [1.82, 2.24) is 9.88 Å². The minimum atomic E-state index is -0.449. The molecule has 132 valence electrons. The van der Waals surface area contributed by atoms with Crippen molar-refractivity contribution in [3.05, 3.63) is 57.8 Å². The maximum atomic E-state index is 12.4. The molecule has 0 saturated heterocycles.